The first-order chi connectivity index (χ1) is 22.5. The summed E-state index contributed by atoms with van der Waals surface area (Å²) in [6, 6.07) is 21.5. The van der Waals surface area contributed by atoms with Gasteiger partial charge < -0.3 is 24.5 Å². The number of furan rings is 1. The topological polar surface area (TPSA) is 169 Å². The minimum absolute atomic E-state index is 0.0676. The van der Waals surface area contributed by atoms with Gasteiger partial charge in [0.05, 0.1) is 38.4 Å². The van der Waals surface area contributed by atoms with Gasteiger partial charge in [0.2, 0.25) is 10.0 Å². The van der Waals surface area contributed by atoms with Crippen molar-refractivity contribution in [3.63, 3.8) is 0 Å². The van der Waals surface area contributed by atoms with Crippen LogP contribution in [0.5, 0.6) is 11.5 Å². The molecule has 0 spiro atoms. The van der Waals surface area contributed by atoms with Gasteiger partial charge in [-0.15, -0.1) is 0 Å². The normalized spacial score (nSPS) is 11.3. The van der Waals surface area contributed by atoms with Gasteiger partial charge in [-0.2, -0.15) is 9.41 Å². The summed E-state index contributed by atoms with van der Waals surface area (Å²) < 4.78 is 44.4. The molecule has 3 amide bonds. The van der Waals surface area contributed by atoms with Crippen molar-refractivity contribution in [3.05, 3.63) is 107 Å². The average molecular weight is 662 g/mol. The number of rotatable bonds is 13. The molecule has 1 aromatic heterocycles. The molecule has 0 bridgehead atoms. The third-order valence-corrected chi connectivity index (χ3v) is 8.76. The van der Waals surface area contributed by atoms with Crippen LogP contribution in [0.25, 0.3) is 0 Å². The summed E-state index contributed by atoms with van der Waals surface area (Å²) in [5, 5.41) is 8.90. The van der Waals surface area contributed by atoms with Crippen LogP contribution >= 0.6 is 0 Å². The Morgan fingerprint density at radius 3 is 2.32 bits per heavy atom. The van der Waals surface area contributed by atoms with Crippen molar-refractivity contribution in [3.8, 4) is 11.5 Å². The maximum absolute atomic E-state index is 13.6. The van der Waals surface area contributed by atoms with Gasteiger partial charge in [-0.25, -0.2) is 13.8 Å². The van der Waals surface area contributed by atoms with Crippen LogP contribution in [0.3, 0.4) is 0 Å². The highest BCUT2D eigenvalue weighted by Gasteiger charge is 2.28. The third-order valence-electron chi connectivity index (χ3n) is 6.97. The zero-order chi connectivity index (χ0) is 34.0. The second-order valence-corrected chi connectivity index (χ2v) is 12.2. The highest BCUT2D eigenvalue weighted by atomic mass is 32.2. The number of sulfonamides is 1. The monoisotopic (exact) mass is 661 g/mol. The number of anilines is 1. The number of benzene rings is 3. The number of aryl methyl sites for hydroxylation is 2. The molecule has 1 heterocycles. The molecule has 47 heavy (non-hydrogen) atoms. The van der Waals surface area contributed by atoms with E-state index in [-0.39, 0.29) is 29.5 Å². The van der Waals surface area contributed by atoms with E-state index < -0.39 is 34.3 Å². The van der Waals surface area contributed by atoms with Gasteiger partial charge in [-0.1, -0.05) is 36.4 Å². The summed E-state index contributed by atoms with van der Waals surface area (Å²) in [6.45, 7) is 3.16. The van der Waals surface area contributed by atoms with Crippen molar-refractivity contribution >= 4 is 39.6 Å². The Kier molecular flexibility index (Phi) is 11.5. The standard InChI is InChI=1S/C33H35N5O8S/c1-22-10-11-25(16-23(22)2)36-33(41)32(40)34-18-26-12-13-27(46-26)19-35-37-31(39)21-38(20-24-8-6-5-7-9-24)47(42,43)28-14-15-29(44-3)30(17-28)45-4/h5-17,19H,18,20-21H2,1-4H3,(H,34,40)(H,36,41)(H,37,39)/b35-19-. The fourth-order valence-corrected chi connectivity index (χ4v) is 5.72. The summed E-state index contributed by atoms with van der Waals surface area (Å²) >= 11 is 0. The smallest absolute Gasteiger partial charge is 0.313 e. The Balaban J connectivity index is 1.35. The largest absolute Gasteiger partial charge is 0.493 e. The molecule has 14 heteroatoms. The Morgan fingerprint density at radius 1 is 0.872 bits per heavy atom. The van der Waals surface area contributed by atoms with Gasteiger partial charge in [0.1, 0.15) is 11.5 Å². The number of amides is 3. The Bertz CT molecular complexity index is 1870. The van der Waals surface area contributed by atoms with Crippen molar-refractivity contribution in [2.45, 2.75) is 31.8 Å². The molecule has 0 aliphatic heterocycles. The van der Waals surface area contributed by atoms with E-state index in [1.165, 1.54) is 38.6 Å². The summed E-state index contributed by atoms with van der Waals surface area (Å²) in [4.78, 5) is 37.3. The SMILES string of the molecule is COc1ccc(S(=O)(=O)N(CC(=O)N/N=C\c2ccc(CNC(=O)C(=O)Nc3ccc(C)c(C)c3)o2)Cc2ccccc2)cc1OC. The predicted octanol–water partition coefficient (Wildman–Crippen LogP) is 3.51. The zero-order valence-corrected chi connectivity index (χ0v) is 27.1. The van der Waals surface area contributed by atoms with Crippen molar-refractivity contribution < 1.29 is 36.7 Å². The van der Waals surface area contributed by atoms with Gasteiger partial charge in [-0.3, -0.25) is 14.4 Å². The number of methoxy groups -OCH3 is 2. The fourth-order valence-electron chi connectivity index (χ4n) is 4.32. The molecule has 0 fully saturated rings. The quantitative estimate of drug-likeness (QED) is 0.111. The Labute approximate surface area is 272 Å². The number of ether oxygens (including phenoxy) is 2. The van der Waals surface area contributed by atoms with E-state index in [1.54, 1.807) is 54.6 Å². The maximum Gasteiger partial charge on any atom is 0.313 e. The van der Waals surface area contributed by atoms with Crippen LogP contribution < -0.4 is 25.5 Å². The van der Waals surface area contributed by atoms with Crippen LogP contribution in [0.2, 0.25) is 0 Å². The van der Waals surface area contributed by atoms with E-state index in [0.717, 1.165) is 15.4 Å². The second-order valence-electron chi connectivity index (χ2n) is 10.3. The van der Waals surface area contributed by atoms with Gasteiger partial charge in [0.15, 0.2) is 11.5 Å². The molecule has 0 radical (unpaired) electrons. The molecule has 4 rings (SSSR count). The number of hydrazone groups is 1. The fraction of sp³-hybridized carbons (Fsp3) is 0.212. The van der Waals surface area contributed by atoms with Crippen molar-refractivity contribution in [1.82, 2.24) is 15.0 Å². The highest BCUT2D eigenvalue weighted by molar-refractivity contribution is 7.89. The lowest BCUT2D eigenvalue weighted by Crippen LogP contribution is -2.39. The summed E-state index contributed by atoms with van der Waals surface area (Å²) in [5.74, 6) is -1.21. The summed E-state index contributed by atoms with van der Waals surface area (Å²) in [5.41, 5.74) is 5.54. The number of hydrogen-bond acceptors (Lipinski definition) is 9. The minimum Gasteiger partial charge on any atom is -0.493 e. The first kappa shape index (κ1) is 34.4. The van der Waals surface area contributed by atoms with E-state index in [0.29, 0.717) is 22.8 Å². The lowest BCUT2D eigenvalue weighted by Gasteiger charge is -2.22. The van der Waals surface area contributed by atoms with Crippen LogP contribution in [0.4, 0.5) is 5.69 Å². The molecule has 3 N–H and O–H groups in total. The second kappa shape index (κ2) is 15.7. The van der Waals surface area contributed by atoms with Crippen molar-refractivity contribution in [2.75, 3.05) is 26.1 Å². The number of carbonyl (C=O) groups excluding carboxylic acids is 3. The molecule has 0 saturated heterocycles. The molecule has 3 aromatic carbocycles. The van der Waals surface area contributed by atoms with Gasteiger partial charge in [-0.05, 0) is 66.9 Å². The predicted molar refractivity (Wildman–Crippen MR) is 174 cm³/mol. The van der Waals surface area contributed by atoms with E-state index in [4.69, 9.17) is 13.9 Å². The van der Waals surface area contributed by atoms with E-state index >= 15 is 0 Å². The van der Waals surface area contributed by atoms with Gasteiger partial charge in [0.25, 0.3) is 5.91 Å². The third kappa shape index (κ3) is 9.28. The molecule has 0 atom stereocenters. The lowest BCUT2D eigenvalue weighted by atomic mass is 10.1. The molecule has 0 aliphatic carbocycles. The Hall–Kier alpha value is -5.47. The van der Waals surface area contributed by atoms with E-state index in [1.807, 2.05) is 19.9 Å². The molecule has 0 aliphatic rings. The molecular weight excluding hydrogens is 626 g/mol. The van der Waals surface area contributed by atoms with Crippen LogP contribution in [0, 0.1) is 13.8 Å². The van der Waals surface area contributed by atoms with Gasteiger partial charge >= 0.3 is 11.8 Å². The van der Waals surface area contributed by atoms with Crippen LogP contribution in [0.15, 0.2) is 93.3 Å². The Morgan fingerprint density at radius 2 is 1.62 bits per heavy atom. The first-order valence-corrected chi connectivity index (χ1v) is 15.8. The minimum atomic E-state index is -4.16. The summed E-state index contributed by atoms with van der Waals surface area (Å²) in [7, 11) is -1.33. The van der Waals surface area contributed by atoms with Crippen molar-refractivity contribution in [2.24, 2.45) is 5.10 Å². The average Bonchev–Trinajstić information content (AvgIpc) is 3.52. The molecule has 0 unspecified atom stereocenters. The molecule has 13 nitrogen and oxygen atoms in total. The van der Waals surface area contributed by atoms with Crippen LogP contribution in [-0.4, -0.2) is 57.4 Å². The number of carbonyl (C=O) groups is 3. The van der Waals surface area contributed by atoms with Gasteiger partial charge in [0, 0.05) is 18.3 Å². The van der Waals surface area contributed by atoms with Crippen molar-refractivity contribution in [1.29, 1.82) is 0 Å². The van der Waals surface area contributed by atoms with E-state index in [2.05, 4.69) is 21.2 Å². The molecule has 4 aromatic rings. The molecule has 0 saturated carbocycles. The lowest BCUT2D eigenvalue weighted by molar-refractivity contribution is -0.136. The molecule has 246 valence electrons. The van der Waals surface area contributed by atoms with Crippen LogP contribution in [0.1, 0.15) is 28.2 Å². The highest BCUT2D eigenvalue weighted by Crippen LogP contribution is 2.31. The van der Waals surface area contributed by atoms with Crippen LogP contribution in [-0.2, 0) is 37.5 Å². The maximum atomic E-state index is 13.6. The first-order valence-electron chi connectivity index (χ1n) is 14.3. The zero-order valence-electron chi connectivity index (χ0n) is 26.3. The van der Waals surface area contributed by atoms with E-state index in [9.17, 15) is 22.8 Å². The number of nitrogens with zero attached hydrogens (tertiary/aromatic N) is 2. The summed E-state index contributed by atoms with van der Waals surface area (Å²) in [6.07, 6.45) is 1.22. The number of nitrogens with one attached hydrogen (secondary N) is 3. The number of hydrogen-bond donors (Lipinski definition) is 3. The molecular formula is C33H35N5O8S.